The van der Waals surface area contributed by atoms with E-state index in [0.717, 1.165) is 4.96 Å². The number of aromatic nitrogens is 4. The van der Waals surface area contributed by atoms with Crippen LogP contribution in [0.3, 0.4) is 0 Å². The molecule has 0 aliphatic carbocycles. The molecule has 0 radical (unpaired) electrons. The van der Waals surface area contributed by atoms with E-state index in [9.17, 15) is 9.59 Å². The summed E-state index contributed by atoms with van der Waals surface area (Å²) in [5.41, 5.74) is 6.10. The zero-order valence-corrected chi connectivity index (χ0v) is 12.3. The second kappa shape index (κ2) is 4.67. The summed E-state index contributed by atoms with van der Waals surface area (Å²) < 4.78 is 3.59. The van der Waals surface area contributed by atoms with Crippen molar-refractivity contribution in [1.82, 2.24) is 23.8 Å². The van der Waals surface area contributed by atoms with E-state index in [2.05, 4.69) is 9.97 Å². The molecule has 3 aromatic heterocycles. The van der Waals surface area contributed by atoms with Crippen LogP contribution < -0.4 is 5.73 Å². The second-order valence-corrected chi connectivity index (χ2v) is 5.89. The Labute approximate surface area is 128 Å². The van der Waals surface area contributed by atoms with Gasteiger partial charge in [0.1, 0.15) is 17.2 Å². The Hall–Kier alpha value is -2.68. The molecule has 0 aromatic carbocycles. The summed E-state index contributed by atoms with van der Waals surface area (Å²) >= 11 is 1.48. The van der Waals surface area contributed by atoms with Gasteiger partial charge in [-0.05, 0) is 0 Å². The van der Waals surface area contributed by atoms with Crippen molar-refractivity contribution in [1.29, 1.82) is 0 Å². The fraction of sp³-hybridized carbons (Fsp3) is 0.231. The molecule has 0 saturated carbocycles. The molecule has 0 fully saturated rings. The minimum atomic E-state index is -0.507. The number of primary amides is 1. The number of imidazole rings is 2. The molecular formula is C13H12N6O2S. The van der Waals surface area contributed by atoms with Gasteiger partial charge in [-0.3, -0.25) is 14.0 Å². The molecule has 1 aliphatic rings. The number of hydrogen-bond donors (Lipinski definition) is 1. The SMILES string of the molecule is NC(=O)c1cnc2n1CCN(C(=O)c1cn3ccsc3n1)C2. The van der Waals surface area contributed by atoms with Crippen molar-refractivity contribution in [3.8, 4) is 0 Å². The number of nitrogens with two attached hydrogens (primary N) is 1. The van der Waals surface area contributed by atoms with Crippen LogP contribution in [0.2, 0.25) is 0 Å². The summed E-state index contributed by atoms with van der Waals surface area (Å²) in [6.45, 7) is 1.34. The van der Waals surface area contributed by atoms with Gasteiger partial charge in [0.05, 0.1) is 12.7 Å². The third-order valence-corrected chi connectivity index (χ3v) is 4.49. The largest absolute Gasteiger partial charge is 0.364 e. The smallest absolute Gasteiger partial charge is 0.274 e. The Morgan fingerprint density at radius 2 is 2.18 bits per heavy atom. The number of hydrogen-bond acceptors (Lipinski definition) is 5. The quantitative estimate of drug-likeness (QED) is 0.737. The number of rotatable bonds is 2. The highest BCUT2D eigenvalue weighted by Gasteiger charge is 2.26. The number of carbonyl (C=O) groups is 2. The highest BCUT2D eigenvalue weighted by Crippen LogP contribution is 2.18. The maximum atomic E-state index is 12.5. The van der Waals surface area contributed by atoms with E-state index in [1.54, 1.807) is 15.7 Å². The molecule has 3 aromatic rings. The van der Waals surface area contributed by atoms with Gasteiger partial charge in [0.15, 0.2) is 4.96 Å². The molecule has 8 nitrogen and oxygen atoms in total. The van der Waals surface area contributed by atoms with Gasteiger partial charge in [-0.2, -0.15) is 0 Å². The molecule has 0 spiro atoms. The Morgan fingerprint density at radius 3 is 2.95 bits per heavy atom. The van der Waals surface area contributed by atoms with Gasteiger partial charge in [0.25, 0.3) is 11.8 Å². The van der Waals surface area contributed by atoms with Crippen molar-refractivity contribution in [2.75, 3.05) is 6.54 Å². The van der Waals surface area contributed by atoms with Crippen molar-refractivity contribution in [3.63, 3.8) is 0 Å². The van der Waals surface area contributed by atoms with Gasteiger partial charge in [0, 0.05) is 30.9 Å². The summed E-state index contributed by atoms with van der Waals surface area (Å²) in [6, 6.07) is 0. The molecule has 0 unspecified atom stereocenters. The molecule has 2 N–H and O–H groups in total. The van der Waals surface area contributed by atoms with E-state index in [0.29, 0.717) is 36.8 Å². The summed E-state index contributed by atoms with van der Waals surface area (Å²) in [4.78, 5) is 34.8. The first-order valence-electron chi connectivity index (χ1n) is 6.69. The van der Waals surface area contributed by atoms with Crippen LogP contribution >= 0.6 is 11.3 Å². The van der Waals surface area contributed by atoms with Crippen LogP contribution in [0.25, 0.3) is 4.96 Å². The van der Waals surface area contributed by atoms with Crippen LogP contribution in [-0.2, 0) is 13.1 Å². The number of carbonyl (C=O) groups excluding carboxylic acids is 2. The molecule has 0 saturated heterocycles. The summed E-state index contributed by atoms with van der Waals surface area (Å²) in [5, 5.41) is 1.92. The second-order valence-electron chi connectivity index (χ2n) is 5.02. The predicted molar refractivity (Wildman–Crippen MR) is 78.6 cm³/mol. The lowest BCUT2D eigenvalue weighted by molar-refractivity contribution is 0.0701. The van der Waals surface area contributed by atoms with E-state index < -0.39 is 5.91 Å². The Morgan fingerprint density at radius 1 is 1.32 bits per heavy atom. The lowest BCUT2D eigenvalue weighted by Gasteiger charge is -2.27. The zero-order valence-electron chi connectivity index (χ0n) is 11.5. The summed E-state index contributed by atoms with van der Waals surface area (Å²) in [6.07, 6.45) is 5.05. The molecule has 0 atom stereocenters. The topological polar surface area (TPSA) is 98.5 Å². The van der Waals surface area contributed by atoms with Crippen LogP contribution in [0.1, 0.15) is 26.8 Å². The van der Waals surface area contributed by atoms with Crippen molar-refractivity contribution in [3.05, 3.63) is 41.2 Å². The maximum absolute atomic E-state index is 12.5. The van der Waals surface area contributed by atoms with Crippen molar-refractivity contribution in [2.24, 2.45) is 5.73 Å². The molecule has 2 amide bonds. The van der Waals surface area contributed by atoms with Gasteiger partial charge in [0.2, 0.25) is 0 Å². The molecule has 4 heterocycles. The molecule has 112 valence electrons. The summed E-state index contributed by atoms with van der Waals surface area (Å²) in [5.74, 6) is 0.0214. The number of fused-ring (bicyclic) bond motifs is 2. The lowest BCUT2D eigenvalue weighted by Crippen LogP contribution is -2.39. The van der Waals surface area contributed by atoms with E-state index in [4.69, 9.17) is 5.73 Å². The van der Waals surface area contributed by atoms with Crippen LogP contribution in [0.5, 0.6) is 0 Å². The van der Waals surface area contributed by atoms with Crippen molar-refractivity contribution < 1.29 is 9.59 Å². The average Bonchev–Trinajstić information content (AvgIpc) is 3.19. The number of amides is 2. The molecule has 22 heavy (non-hydrogen) atoms. The van der Waals surface area contributed by atoms with E-state index in [1.165, 1.54) is 17.5 Å². The first-order valence-corrected chi connectivity index (χ1v) is 7.57. The average molecular weight is 316 g/mol. The first kappa shape index (κ1) is 13.0. The number of thiazole rings is 1. The summed E-state index contributed by atoms with van der Waals surface area (Å²) in [7, 11) is 0. The van der Waals surface area contributed by atoms with Gasteiger partial charge in [-0.25, -0.2) is 9.97 Å². The Bertz CT molecular complexity index is 863. The van der Waals surface area contributed by atoms with Crippen LogP contribution in [0.15, 0.2) is 24.0 Å². The lowest BCUT2D eigenvalue weighted by atomic mass is 10.3. The van der Waals surface area contributed by atoms with Gasteiger partial charge in [-0.1, -0.05) is 0 Å². The monoisotopic (exact) mass is 316 g/mol. The Kier molecular flexibility index (Phi) is 2.76. The molecule has 4 rings (SSSR count). The fourth-order valence-corrected chi connectivity index (χ4v) is 3.32. The van der Waals surface area contributed by atoms with Crippen molar-refractivity contribution >= 4 is 28.1 Å². The van der Waals surface area contributed by atoms with Crippen LogP contribution in [0, 0.1) is 0 Å². The normalized spacial score (nSPS) is 14.3. The fourth-order valence-electron chi connectivity index (χ4n) is 2.62. The standard InChI is InChI=1S/C13H12N6O2S/c14-11(20)9-5-15-10-7-17(1-2-19(9)10)12(21)8-6-18-3-4-22-13(18)16-8/h3-6H,1-2,7H2,(H2,14,20). The zero-order chi connectivity index (χ0) is 15.3. The molecular weight excluding hydrogens is 304 g/mol. The van der Waals surface area contributed by atoms with Crippen LogP contribution in [-0.4, -0.2) is 42.2 Å². The molecule has 0 bridgehead atoms. The van der Waals surface area contributed by atoms with Gasteiger partial charge >= 0.3 is 0 Å². The van der Waals surface area contributed by atoms with Crippen LogP contribution in [0.4, 0.5) is 0 Å². The van der Waals surface area contributed by atoms with Gasteiger partial charge < -0.3 is 15.2 Å². The predicted octanol–water partition coefficient (Wildman–Crippen LogP) is 0.347. The van der Waals surface area contributed by atoms with E-state index in [-0.39, 0.29) is 5.91 Å². The van der Waals surface area contributed by atoms with Crippen molar-refractivity contribution in [2.45, 2.75) is 13.1 Å². The minimum absolute atomic E-state index is 0.134. The molecule has 9 heteroatoms. The maximum Gasteiger partial charge on any atom is 0.274 e. The van der Waals surface area contributed by atoms with Gasteiger partial charge in [-0.15, -0.1) is 11.3 Å². The third-order valence-electron chi connectivity index (χ3n) is 3.72. The minimum Gasteiger partial charge on any atom is -0.364 e. The third kappa shape index (κ3) is 1.90. The molecule has 1 aliphatic heterocycles. The van der Waals surface area contributed by atoms with E-state index in [1.807, 2.05) is 16.0 Å². The van der Waals surface area contributed by atoms with E-state index >= 15 is 0 Å². The highest BCUT2D eigenvalue weighted by molar-refractivity contribution is 7.15. The number of nitrogens with zero attached hydrogens (tertiary/aromatic N) is 5. The Balaban J connectivity index is 1.60. The highest BCUT2D eigenvalue weighted by atomic mass is 32.1. The first-order chi connectivity index (χ1) is 10.6.